The van der Waals surface area contributed by atoms with Crippen LogP contribution in [-0.4, -0.2) is 63.3 Å². The molecule has 7 rings (SSSR count). The summed E-state index contributed by atoms with van der Waals surface area (Å²) in [5, 5.41) is 10.3. The lowest BCUT2D eigenvalue weighted by Crippen LogP contribution is -2.35. The summed E-state index contributed by atoms with van der Waals surface area (Å²) in [4.78, 5) is 23.5. The van der Waals surface area contributed by atoms with Crippen LogP contribution in [-0.2, 0) is 23.6 Å². The number of carboxylic acids is 1. The van der Waals surface area contributed by atoms with Crippen LogP contribution in [0.5, 0.6) is 17.2 Å². The molecule has 11 heteroatoms. The third kappa shape index (κ3) is 5.17. The lowest BCUT2D eigenvalue weighted by atomic mass is 9.88. The van der Waals surface area contributed by atoms with Crippen LogP contribution in [0.2, 0.25) is 5.02 Å². The Morgan fingerprint density at radius 1 is 1.21 bits per heavy atom. The number of rotatable bonds is 8. The number of likely N-dealkylation sites (tertiary alicyclic amines) is 1. The van der Waals surface area contributed by atoms with Crippen molar-refractivity contribution in [3.63, 3.8) is 0 Å². The Morgan fingerprint density at radius 2 is 2.05 bits per heavy atom. The molecule has 0 radical (unpaired) electrons. The Balaban J connectivity index is 1.12. The van der Waals surface area contributed by atoms with Gasteiger partial charge in [-0.25, -0.2) is 9.78 Å². The molecule has 1 N–H and O–H groups in total. The number of carboxylic acid groups (broad SMARTS) is 1. The number of hydrogen-bond acceptors (Lipinski definition) is 8. The summed E-state index contributed by atoms with van der Waals surface area (Å²) >= 11 is 6.04. The minimum atomic E-state index is -2.76. The number of para-hydroxylation sites is 1. The Kier molecular flexibility index (Phi) is 6.29. The lowest BCUT2D eigenvalue weighted by Gasteiger charge is -2.33. The van der Waals surface area contributed by atoms with Gasteiger partial charge in [0, 0.05) is 25.3 Å². The number of hydrogen-bond donors (Lipinski definition) is 1. The molecule has 2 atom stereocenters. The number of methoxy groups -OCH3 is 1. The molecule has 10 nitrogen and oxygen atoms in total. The molecule has 43 heavy (non-hydrogen) atoms. The van der Waals surface area contributed by atoms with Gasteiger partial charge in [-0.05, 0) is 68.6 Å². The average Bonchev–Trinajstić information content (AvgIpc) is 3.52. The van der Waals surface area contributed by atoms with Crippen LogP contribution >= 0.6 is 11.6 Å². The van der Waals surface area contributed by atoms with Crippen molar-refractivity contribution < 1.29 is 33.0 Å². The molecule has 3 aliphatic heterocycles. The summed E-state index contributed by atoms with van der Waals surface area (Å²) in [6.45, 7) is 5.07. The molecule has 0 aliphatic carbocycles. The molecular weight excluding hydrogens is 572 g/mol. The second kappa shape index (κ2) is 11.0. The van der Waals surface area contributed by atoms with E-state index in [4.69, 9.17) is 39.6 Å². The molecule has 2 aromatic carbocycles. The summed E-state index contributed by atoms with van der Waals surface area (Å²) in [6, 6.07) is 12.3. The van der Waals surface area contributed by atoms with Gasteiger partial charge in [0.05, 0.1) is 46.4 Å². The monoisotopic (exact) mass is 607 g/mol. The first-order chi connectivity index (χ1) is 22.0. The van der Waals surface area contributed by atoms with E-state index >= 15 is 0 Å². The van der Waals surface area contributed by atoms with Crippen molar-refractivity contribution >= 4 is 28.6 Å². The van der Waals surface area contributed by atoms with Gasteiger partial charge in [0.2, 0.25) is 0 Å². The van der Waals surface area contributed by atoms with Crippen molar-refractivity contribution in [3.05, 3.63) is 76.3 Å². The highest BCUT2D eigenvalue weighted by Gasteiger charge is 2.42. The fourth-order valence-electron chi connectivity index (χ4n) is 6.22. The van der Waals surface area contributed by atoms with Crippen LogP contribution in [0.25, 0.3) is 11.0 Å². The quantitative estimate of drug-likeness (QED) is 0.274. The minimum absolute atomic E-state index is 0.0292. The Labute approximate surface area is 258 Å². The lowest BCUT2D eigenvalue weighted by molar-refractivity contribution is -0.0722. The number of fused-ring (bicyclic) bond motifs is 2. The first-order valence-corrected chi connectivity index (χ1v) is 14.8. The second-order valence-corrected chi connectivity index (χ2v) is 11.8. The van der Waals surface area contributed by atoms with Gasteiger partial charge in [0.25, 0.3) is 5.79 Å². The van der Waals surface area contributed by atoms with Crippen LogP contribution in [0.15, 0.2) is 48.7 Å². The van der Waals surface area contributed by atoms with Crippen LogP contribution < -0.4 is 14.2 Å². The topological polar surface area (TPSA) is 108 Å². The molecule has 224 valence electrons. The van der Waals surface area contributed by atoms with Gasteiger partial charge >= 0.3 is 5.97 Å². The summed E-state index contributed by atoms with van der Waals surface area (Å²) in [6.07, 6.45) is 4.17. The summed E-state index contributed by atoms with van der Waals surface area (Å²) in [5.41, 5.74) is 2.48. The number of carbonyl (C=O) groups is 1. The largest absolute Gasteiger partial charge is 0.494 e. The first-order valence-electron chi connectivity index (χ1n) is 15.9. The predicted molar refractivity (Wildman–Crippen MR) is 159 cm³/mol. The van der Waals surface area contributed by atoms with Crippen LogP contribution in [0.1, 0.15) is 63.7 Å². The molecule has 2 aromatic heterocycles. The van der Waals surface area contributed by atoms with E-state index in [1.54, 1.807) is 18.3 Å². The van der Waals surface area contributed by atoms with Gasteiger partial charge in [-0.1, -0.05) is 23.7 Å². The number of aromatic carboxylic acids is 1. The summed E-state index contributed by atoms with van der Waals surface area (Å²) in [7, 11) is -2.76. The van der Waals surface area contributed by atoms with Crippen molar-refractivity contribution in [2.24, 2.45) is 0 Å². The van der Waals surface area contributed by atoms with E-state index in [2.05, 4.69) is 16.0 Å². The summed E-state index contributed by atoms with van der Waals surface area (Å²) < 4.78 is 48.5. The number of aromatic nitrogens is 3. The molecule has 5 heterocycles. The normalized spacial score (nSPS) is 23.4. The molecule has 2 fully saturated rings. The zero-order valence-corrected chi connectivity index (χ0v) is 24.3. The molecule has 0 bridgehead atoms. The van der Waals surface area contributed by atoms with Crippen molar-refractivity contribution in [2.75, 3.05) is 26.7 Å². The Morgan fingerprint density at radius 3 is 2.74 bits per heavy atom. The zero-order chi connectivity index (χ0) is 32.2. The Bertz CT molecular complexity index is 1790. The SMILES string of the molecule is [2H]C([2H])([2H])Oc1cc(C(=O)O)cc2c1nc(CN1CCC(c3cccc4c3O[C@@](C)(c3ccc(Cl)cn3)O4)CC1)n2C[C@@H]1CCO1. The number of piperidine rings is 1. The van der Waals surface area contributed by atoms with E-state index < -0.39 is 18.8 Å². The van der Waals surface area contributed by atoms with Gasteiger partial charge in [-0.15, -0.1) is 0 Å². The maximum atomic E-state index is 11.9. The highest BCUT2D eigenvalue weighted by atomic mass is 35.5. The van der Waals surface area contributed by atoms with Crippen molar-refractivity contribution in [1.29, 1.82) is 0 Å². The molecule has 4 aromatic rings. The third-order valence-electron chi connectivity index (χ3n) is 8.63. The van der Waals surface area contributed by atoms with Gasteiger partial charge in [0.15, 0.2) is 11.5 Å². The standard InChI is InChI=1S/C32H33ClN4O6/c1-32(27-7-6-21(33)16-34-27)42-25-5-3-4-23(30(25)43-32)19-8-11-36(12-9-19)18-28-35-29-24(37(28)17-22-10-13-41-22)14-20(31(38)39)15-26(29)40-2/h3-7,14-16,19,22H,8-13,17-18H2,1-2H3,(H,38,39)/t22-,32-/m0/s1/i2D3. The molecule has 0 spiro atoms. The molecular formula is C32H33ClN4O6. The molecule has 2 saturated heterocycles. The van der Waals surface area contributed by atoms with E-state index in [-0.39, 0.29) is 23.3 Å². The number of benzene rings is 2. The molecule has 0 saturated carbocycles. The number of imidazole rings is 1. The number of ether oxygens (including phenoxy) is 4. The van der Waals surface area contributed by atoms with E-state index in [1.165, 1.54) is 12.1 Å². The van der Waals surface area contributed by atoms with E-state index in [9.17, 15) is 9.90 Å². The number of halogens is 1. The second-order valence-electron chi connectivity index (χ2n) is 11.4. The predicted octanol–water partition coefficient (Wildman–Crippen LogP) is 5.60. The molecule has 0 amide bonds. The Hall–Kier alpha value is -3.86. The van der Waals surface area contributed by atoms with Gasteiger partial charge in [-0.2, -0.15) is 0 Å². The van der Waals surface area contributed by atoms with Crippen molar-refractivity contribution in [1.82, 2.24) is 19.4 Å². The van der Waals surface area contributed by atoms with Gasteiger partial charge in [-0.3, -0.25) is 9.88 Å². The zero-order valence-electron chi connectivity index (χ0n) is 26.6. The number of nitrogens with zero attached hydrogens (tertiary/aromatic N) is 4. The van der Waals surface area contributed by atoms with Gasteiger partial charge < -0.3 is 28.6 Å². The van der Waals surface area contributed by atoms with Crippen LogP contribution in [0.4, 0.5) is 0 Å². The van der Waals surface area contributed by atoms with Crippen molar-refractivity contribution in [2.45, 2.75) is 57.1 Å². The average molecular weight is 608 g/mol. The summed E-state index contributed by atoms with van der Waals surface area (Å²) in [5.74, 6) is 0.0419. The van der Waals surface area contributed by atoms with E-state index in [1.807, 2.05) is 23.6 Å². The minimum Gasteiger partial charge on any atom is -0.494 e. The van der Waals surface area contributed by atoms with Crippen LogP contribution in [0.3, 0.4) is 0 Å². The maximum Gasteiger partial charge on any atom is 0.335 e. The third-order valence-corrected chi connectivity index (χ3v) is 8.85. The fourth-order valence-corrected chi connectivity index (χ4v) is 6.33. The van der Waals surface area contributed by atoms with Crippen LogP contribution in [0, 0.1) is 0 Å². The maximum absolute atomic E-state index is 11.9. The molecule has 3 aliphatic rings. The van der Waals surface area contributed by atoms with Gasteiger partial charge in [0.1, 0.15) is 22.8 Å². The fraction of sp³-hybridized carbons (Fsp3) is 0.406. The smallest absolute Gasteiger partial charge is 0.335 e. The van der Waals surface area contributed by atoms with E-state index in [0.717, 1.165) is 43.7 Å². The number of pyridine rings is 1. The highest BCUT2D eigenvalue weighted by Crippen LogP contribution is 2.49. The van der Waals surface area contributed by atoms with E-state index in [0.29, 0.717) is 53.0 Å². The highest BCUT2D eigenvalue weighted by molar-refractivity contribution is 6.30. The molecule has 0 unspecified atom stereocenters. The van der Waals surface area contributed by atoms with Crippen molar-refractivity contribution in [3.8, 4) is 17.2 Å². The first kappa shape index (κ1) is 24.6.